The van der Waals surface area contributed by atoms with E-state index in [1.807, 2.05) is 0 Å². The fourth-order valence-electron chi connectivity index (χ4n) is 10.6. The van der Waals surface area contributed by atoms with Gasteiger partial charge in [0.15, 0.2) is 0 Å². The lowest BCUT2D eigenvalue weighted by atomic mass is 9.58. The van der Waals surface area contributed by atoms with E-state index in [0.29, 0.717) is 11.8 Å². The van der Waals surface area contributed by atoms with Crippen LogP contribution >= 0.6 is 0 Å². The molecule has 2 aliphatic rings. The minimum atomic E-state index is -0.425. The standard InChI is InChI=1S/C59H52/c1-6-41(35-37-49(44-23-13-10-14-24-44)48(8-3)58(40(4)5)45-33-31-43(32-34-45)42-21-11-9-12-22-42)46-36-38-53-52-27-17-20-30-56(52)59(57(53)39-46)54-28-18-15-25-50(54)47(7-2)51-26-16-19-29-55(51)59/h1,9-34,36-41,47H,7-8,35H2,2-5H3/b49-37+,58-48+. The summed E-state index contributed by atoms with van der Waals surface area (Å²) in [4.78, 5) is 0. The molecule has 0 radical (unpaired) electrons. The van der Waals surface area contributed by atoms with E-state index in [1.165, 1.54) is 89.0 Å². The van der Waals surface area contributed by atoms with E-state index in [1.54, 1.807) is 0 Å². The van der Waals surface area contributed by atoms with Crippen LogP contribution in [0.1, 0.15) is 109 Å². The Morgan fingerprint density at radius 1 is 0.593 bits per heavy atom. The van der Waals surface area contributed by atoms with E-state index >= 15 is 0 Å². The molecule has 9 rings (SSSR count). The third kappa shape index (κ3) is 6.42. The van der Waals surface area contributed by atoms with Crippen molar-refractivity contribution in [2.45, 2.75) is 64.2 Å². The first-order valence-corrected chi connectivity index (χ1v) is 21.5. The Morgan fingerprint density at radius 2 is 1.15 bits per heavy atom. The van der Waals surface area contributed by atoms with Crippen LogP contribution in [0.15, 0.2) is 188 Å². The Bertz CT molecular complexity index is 2690. The van der Waals surface area contributed by atoms with Gasteiger partial charge in [0.2, 0.25) is 0 Å². The summed E-state index contributed by atoms with van der Waals surface area (Å²) in [6, 6.07) is 65.3. The maximum atomic E-state index is 6.60. The second-order valence-corrected chi connectivity index (χ2v) is 16.5. The van der Waals surface area contributed by atoms with Crippen molar-refractivity contribution in [1.82, 2.24) is 0 Å². The molecule has 0 amide bonds. The Balaban J connectivity index is 1.17. The Hall–Kier alpha value is -6.42. The van der Waals surface area contributed by atoms with Gasteiger partial charge in [-0.3, -0.25) is 0 Å². The second kappa shape index (κ2) is 16.1. The van der Waals surface area contributed by atoms with Gasteiger partial charge in [-0.15, -0.1) is 6.42 Å². The van der Waals surface area contributed by atoms with Gasteiger partial charge in [-0.05, 0) is 114 Å². The molecule has 0 saturated heterocycles. The normalized spacial score (nSPS) is 17.4. The lowest BCUT2D eigenvalue weighted by Crippen LogP contribution is -2.35. The molecule has 0 N–H and O–H groups in total. The van der Waals surface area contributed by atoms with Crippen molar-refractivity contribution >= 4 is 11.1 Å². The highest BCUT2D eigenvalue weighted by Crippen LogP contribution is 2.61. The first kappa shape index (κ1) is 38.1. The highest BCUT2D eigenvalue weighted by molar-refractivity contribution is 5.91. The van der Waals surface area contributed by atoms with Crippen molar-refractivity contribution in [2.24, 2.45) is 5.92 Å². The fourth-order valence-corrected chi connectivity index (χ4v) is 10.6. The van der Waals surface area contributed by atoms with Gasteiger partial charge < -0.3 is 0 Å². The van der Waals surface area contributed by atoms with Crippen LogP contribution in [0.2, 0.25) is 0 Å². The number of fused-ring (bicyclic) bond motifs is 9. The number of hydrogen-bond acceptors (Lipinski definition) is 0. The van der Waals surface area contributed by atoms with Crippen LogP contribution in [-0.2, 0) is 5.41 Å². The molecule has 0 aliphatic heterocycles. The molecule has 1 spiro atoms. The zero-order valence-corrected chi connectivity index (χ0v) is 34.8. The van der Waals surface area contributed by atoms with Crippen LogP contribution in [0.5, 0.6) is 0 Å². The third-order valence-corrected chi connectivity index (χ3v) is 13.1. The summed E-state index contributed by atoms with van der Waals surface area (Å²) < 4.78 is 0. The van der Waals surface area contributed by atoms with Gasteiger partial charge in [-0.25, -0.2) is 0 Å². The van der Waals surface area contributed by atoms with Gasteiger partial charge in [-0.1, -0.05) is 216 Å². The van der Waals surface area contributed by atoms with Gasteiger partial charge in [0, 0.05) is 11.8 Å². The van der Waals surface area contributed by atoms with E-state index in [9.17, 15) is 0 Å². The zero-order valence-electron chi connectivity index (χ0n) is 34.8. The van der Waals surface area contributed by atoms with Crippen molar-refractivity contribution < 1.29 is 0 Å². The van der Waals surface area contributed by atoms with Gasteiger partial charge in [-0.2, -0.15) is 0 Å². The molecule has 0 nitrogen and oxygen atoms in total. The fraction of sp³-hybridized carbons (Fsp3) is 0.186. The number of benzene rings is 7. The Labute approximate surface area is 352 Å². The average molecular weight is 761 g/mol. The Kier molecular flexibility index (Phi) is 10.4. The van der Waals surface area contributed by atoms with Gasteiger partial charge in [0.05, 0.1) is 5.41 Å². The van der Waals surface area contributed by atoms with Crippen LogP contribution < -0.4 is 0 Å². The molecule has 59 heavy (non-hydrogen) atoms. The van der Waals surface area contributed by atoms with Gasteiger partial charge in [0.25, 0.3) is 0 Å². The monoisotopic (exact) mass is 760 g/mol. The molecule has 1 atom stereocenters. The maximum Gasteiger partial charge on any atom is 0.0719 e. The summed E-state index contributed by atoms with van der Waals surface area (Å²) in [6.45, 7) is 9.27. The number of allylic oxidation sites excluding steroid dienone is 4. The SMILES string of the molecule is C#CC(C/C=C(/C(CC)=C(/c1ccc(-c2ccccc2)cc1)C(C)C)c1ccccc1)c1ccc2c(c1)C1(c3ccccc3-2)c2ccccc2C(CC)c2ccccc21. The molecule has 0 heteroatoms. The first-order chi connectivity index (χ1) is 29.0. The van der Waals surface area contributed by atoms with Crippen molar-refractivity contribution in [3.63, 3.8) is 0 Å². The molecule has 0 aromatic heterocycles. The predicted molar refractivity (Wildman–Crippen MR) is 250 cm³/mol. The molecule has 288 valence electrons. The van der Waals surface area contributed by atoms with Crippen molar-refractivity contribution in [2.75, 3.05) is 0 Å². The van der Waals surface area contributed by atoms with Crippen LogP contribution in [0.3, 0.4) is 0 Å². The zero-order chi connectivity index (χ0) is 40.5. The predicted octanol–water partition coefficient (Wildman–Crippen LogP) is 15.3. The molecule has 0 saturated carbocycles. The minimum absolute atomic E-state index is 0.108. The average Bonchev–Trinajstić information content (AvgIpc) is 3.58. The number of hydrogen-bond donors (Lipinski definition) is 0. The highest BCUT2D eigenvalue weighted by atomic mass is 14.5. The van der Waals surface area contributed by atoms with Crippen molar-refractivity contribution in [3.05, 3.63) is 238 Å². The smallest absolute Gasteiger partial charge is 0.0719 e. The summed E-state index contributed by atoms with van der Waals surface area (Å²) in [6.07, 6.45) is 11.7. The molecule has 0 heterocycles. The third-order valence-electron chi connectivity index (χ3n) is 13.1. The second-order valence-electron chi connectivity index (χ2n) is 16.5. The minimum Gasteiger partial charge on any atom is -0.119 e. The summed E-state index contributed by atoms with van der Waals surface area (Å²) >= 11 is 0. The van der Waals surface area contributed by atoms with Crippen LogP contribution in [0, 0.1) is 18.3 Å². The largest absolute Gasteiger partial charge is 0.119 e. The van der Waals surface area contributed by atoms with E-state index in [-0.39, 0.29) is 5.92 Å². The van der Waals surface area contributed by atoms with Gasteiger partial charge >= 0.3 is 0 Å². The van der Waals surface area contributed by atoms with Crippen LogP contribution in [0.25, 0.3) is 33.4 Å². The van der Waals surface area contributed by atoms with E-state index in [0.717, 1.165) is 19.3 Å². The highest BCUT2D eigenvalue weighted by Gasteiger charge is 2.51. The molecular weight excluding hydrogens is 709 g/mol. The summed E-state index contributed by atoms with van der Waals surface area (Å²) in [5.74, 6) is 3.85. The van der Waals surface area contributed by atoms with E-state index in [4.69, 9.17) is 6.42 Å². The van der Waals surface area contributed by atoms with E-state index in [2.05, 4.69) is 216 Å². The summed E-state index contributed by atoms with van der Waals surface area (Å²) in [7, 11) is 0. The Morgan fingerprint density at radius 3 is 1.76 bits per heavy atom. The van der Waals surface area contributed by atoms with E-state index < -0.39 is 5.41 Å². The van der Waals surface area contributed by atoms with Crippen molar-refractivity contribution in [3.8, 4) is 34.6 Å². The lowest BCUT2D eigenvalue weighted by molar-refractivity contribution is 0.648. The number of rotatable bonds is 10. The molecule has 7 aromatic carbocycles. The maximum absolute atomic E-state index is 6.60. The first-order valence-electron chi connectivity index (χ1n) is 21.5. The molecule has 7 aromatic rings. The van der Waals surface area contributed by atoms with Gasteiger partial charge in [0.1, 0.15) is 0 Å². The van der Waals surface area contributed by atoms with Crippen LogP contribution in [-0.4, -0.2) is 0 Å². The van der Waals surface area contributed by atoms with Crippen LogP contribution in [0.4, 0.5) is 0 Å². The topological polar surface area (TPSA) is 0 Å². The number of terminal acetylenes is 1. The molecule has 2 aliphatic carbocycles. The lowest BCUT2D eigenvalue weighted by Gasteiger charge is -2.43. The summed E-state index contributed by atoms with van der Waals surface area (Å²) in [5.41, 5.74) is 20.7. The molecule has 1 unspecified atom stereocenters. The van der Waals surface area contributed by atoms with Crippen molar-refractivity contribution in [1.29, 1.82) is 0 Å². The summed E-state index contributed by atoms with van der Waals surface area (Å²) in [5, 5.41) is 0. The molecular formula is C59H52. The quantitative estimate of drug-likeness (QED) is 0.0962. The molecule has 0 bridgehead atoms. The molecule has 0 fully saturated rings.